The molecule has 5 nitrogen and oxygen atoms in total. The first-order valence-corrected chi connectivity index (χ1v) is 2.58. The van der Waals surface area contributed by atoms with Crippen molar-refractivity contribution < 1.29 is 24.6 Å². The summed E-state index contributed by atoms with van der Waals surface area (Å²) in [6, 6.07) is 3.75. The fourth-order valence-electron chi connectivity index (χ4n) is 0.485. The maximum atomic E-state index is 12.2. The SMILES string of the molecule is [O-]OOOc1cccc(F)n1. The second-order valence-electron chi connectivity index (χ2n) is 1.52. The zero-order chi connectivity index (χ0) is 8.10. The van der Waals surface area contributed by atoms with E-state index in [1.165, 1.54) is 12.1 Å². The quantitative estimate of drug-likeness (QED) is 0.346. The van der Waals surface area contributed by atoms with Crippen LogP contribution in [0.5, 0.6) is 5.88 Å². The van der Waals surface area contributed by atoms with Crippen molar-refractivity contribution in [3.05, 3.63) is 24.1 Å². The molecule has 0 bridgehead atoms. The summed E-state index contributed by atoms with van der Waals surface area (Å²) >= 11 is 0. The van der Waals surface area contributed by atoms with E-state index in [0.29, 0.717) is 0 Å². The van der Waals surface area contributed by atoms with Gasteiger partial charge in [-0.05, 0) is 11.1 Å². The Hall–Kier alpha value is -1.24. The zero-order valence-electron chi connectivity index (χ0n) is 5.19. The van der Waals surface area contributed by atoms with Gasteiger partial charge in [-0.25, -0.2) is 0 Å². The number of rotatable bonds is 3. The summed E-state index contributed by atoms with van der Waals surface area (Å²) in [4.78, 5) is 7.23. The summed E-state index contributed by atoms with van der Waals surface area (Å²) in [5.41, 5.74) is 0. The highest BCUT2D eigenvalue weighted by Crippen LogP contribution is 2.05. The lowest BCUT2D eigenvalue weighted by Crippen LogP contribution is -2.09. The Labute approximate surface area is 60.7 Å². The van der Waals surface area contributed by atoms with Crippen molar-refractivity contribution in [2.24, 2.45) is 0 Å². The van der Waals surface area contributed by atoms with Gasteiger partial charge in [-0.1, -0.05) is 6.07 Å². The summed E-state index contributed by atoms with van der Waals surface area (Å²) in [7, 11) is 0. The van der Waals surface area contributed by atoms with E-state index >= 15 is 0 Å². The lowest BCUT2D eigenvalue weighted by atomic mass is 10.5. The Morgan fingerprint density at radius 2 is 2.27 bits per heavy atom. The number of hydrogen-bond acceptors (Lipinski definition) is 5. The normalized spacial score (nSPS) is 9.64. The molecule has 0 saturated heterocycles. The van der Waals surface area contributed by atoms with Gasteiger partial charge in [0.2, 0.25) is 5.95 Å². The average molecular weight is 160 g/mol. The maximum absolute atomic E-state index is 12.2. The molecule has 60 valence electrons. The second-order valence-corrected chi connectivity index (χ2v) is 1.52. The minimum absolute atomic E-state index is 0.194. The topological polar surface area (TPSA) is 63.6 Å². The average Bonchev–Trinajstić information content (AvgIpc) is 2.01. The summed E-state index contributed by atoms with van der Waals surface area (Å²) in [5.74, 6) is -0.933. The van der Waals surface area contributed by atoms with Crippen LogP contribution in [0.15, 0.2) is 18.2 Å². The van der Waals surface area contributed by atoms with Crippen LogP contribution in [0.4, 0.5) is 4.39 Å². The zero-order valence-corrected chi connectivity index (χ0v) is 5.19. The molecule has 6 heteroatoms. The number of hydrogen-bond donors (Lipinski definition) is 0. The van der Waals surface area contributed by atoms with Gasteiger partial charge < -0.3 is 5.26 Å². The molecule has 0 unspecified atom stereocenters. The van der Waals surface area contributed by atoms with E-state index in [4.69, 9.17) is 0 Å². The van der Waals surface area contributed by atoms with E-state index in [-0.39, 0.29) is 5.88 Å². The molecule has 1 heterocycles. The molecule has 0 aliphatic rings. The van der Waals surface area contributed by atoms with Crippen molar-refractivity contribution >= 4 is 0 Å². The molecule has 1 rings (SSSR count). The smallest absolute Gasteiger partial charge is 0.262 e. The molecule has 0 atom stereocenters. The van der Waals surface area contributed by atoms with Crippen molar-refractivity contribution in [1.82, 2.24) is 4.98 Å². The van der Waals surface area contributed by atoms with Gasteiger partial charge >= 0.3 is 0 Å². The summed E-state index contributed by atoms with van der Waals surface area (Å²) < 4.78 is 12.2. The van der Waals surface area contributed by atoms with Crippen molar-refractivity contribution in [3.8, 4) is 5.88 Å². The predicted molar refractivity (Wildman–Crippen MR) is 27.0 cm³/mol. The van der Waals surface area contributed by atoms with E-state index in [0.717, 1.165) is 6.07 Å². The second kappa shape index (κ2) is 3.81. The van der Waals surface area contributed by atoms with E-state index < -0.39 is 5.95 Å². The van der Waals surface area contributed by atoms with E-state index in [1.54, 1.807) is 0 Å². The summed E-state index contributed by atoms with van der Waals surface area (Å²) in [6.07, 6.45) is 0. The highest BCUT2D eigenvalue weighted by atomic mass is 19.1. The lowest BCUT2D eigenvalue weighted by Gasteiger charge is -2.03. The number of nitrogens with zero attached hydrogens (tertiary/aromatic N) is 1. The molecule has 11 heavy (non-hydrogen) atoms. The van der Waals surface area contributed by atoms with Crippen LogP contribution in [-0.2, 0) is 10.1 Å². The molecule has 0 aliphatic carbocycles. The van der Waals surface area contributed by atoms with Crippen LogP contribution < -0.4 is 10.1 Å². The standard InChI is InChI=1S/C5H4FNO4/c6-4-2-1-3-5(7-4)9-11-10-8/h1-3,8H/p-1. The molecule has 0 aliphatic heterocycles. The minimum Gasteiger partial charge on any atom is -0.689 e. The van der Waals surface area contributed by atoms with Gasteiger partial charge in [-0.3, -0.25) is 9.93 Å². The van der Waals surface area contributed by atoms with E-state index in [2.05, 4.69) is 19.9 Å². The number of aromatic nitrogens is 1. The summed E-state index contributed by atoms with van der Waals surface area (Å²) in [6.45, 7) is 0. The van der Waals surface area contributed by atoms with Crippen LogP contribution in [0, 0.1) is 5.95 Å². The molecule has 0 radical (unpaired) electrons. The van der Waals surface area contributed by atoms with Gasteiger partial charge in [0.25, 0.3) is 5.88 Å². The van der Waals surface area contributed by atoms with Crippen LogP contribution in [-0.4, -0.2) is 4.98 Å². The molecule has 0 amide bonds. The first-order chi connectivity index (χ1) is 5.33. The van der Waals surface area contributed by atoms with Crippen LogP contribution in [0.25, 0.3) is 0 Å². The Morgan fingerprint density at radius 3 is 2.91 bits per heavy atom. The highest BCUT2D eigenvalue weighted by molar-refractivity contribution is 5.09. The summed E-state index contributed by atoms with van der Waals surface area (Å²) in [5, 5.41) is 15.6. The van der Waals surface area contributed by atoms with Crippen molar-refractivity contribution in [1.29, 1.82) is 0 Å². The van der Waals surface area contributed by atoms with Crippen LogP contribution in [0.1, 0.15) is 0 Å². The third-order valence-electron chi connectivity index (χ3n) is 0.837. The van der Waals surface area contributed by atoms with Gasteiger partial charge in [0.15, 0.2) is 0 Å². The van der Waals surface area contributed by atoms with Crippen molar-refractivity contribution in [2.45, 2.75) is 0 Å². The number of halogens is 1. The molecular formula is C5H3FNO4-. The maximum Gasteiger partial charge on any atom is 0.262 e. The number of pyridine rings is 1. The third-order valence-corrected chi connectivity index (χ3v) is 0.837. The fourth-order valence-corrected chi connectivity index (χ4v) is 0.485. The minimum atomic E-state index is -0.739. The molecule has 0 saturated carbocycles. The molecule has 1 aromatic heterocycles. The first kappa shape index (κ1) is 7.86. The lowest BCUT2D eigenvalue weighted by molar-refractivity contribution is -0.839. The molecule has 0 fully saturated rings. The fraction of sp³-hybridized carbons (Fsp3) is 0. The monoisotopic (exact) mass is 160 g/mol. The Kier molecular flexibility index (Phi) is 2.73. The van der Waals surface area contributed by atoms with Crippen molar-refractivity contribution in [3.63, 3.8) is 0 Å². The Balaban J connectivity index is 2.56. The van der Waals surface area contributed by atoms with Crippen LogP contribution in [0.3, 0.4) is 0 Å². The van der Waals surface area contributed by atoms with Gasteiger partial charge in [0, 0.05) is 6.07 Å². The van der Waals surface area contributed by atoms with Crippen molar-refractivity contribution in [2.75, 3.05) is 0 Å². The van der Waals surface area contributed by atoms with Gasteiger partial charge in [0.05, 0.1) is 0 Å². The van der Waals surface area contributed by atoms with Gasteiger partial charge in [0.1, 0.15) is 0 Å². The Morgan fingerprint density at radius 1 is 1.45 bits per heavy atom. The van der Waals surface area contributed by atoms with E-state index in [1.807, 2.05) is 0 Å². The molecule has 0 aromatic carbocycles. The third kappa shape index (κ3) is 2.46. The Bertz CT molecular complexity index is 231. The molecule has 1 aromatic rings. The first-order valence-electron chi connectivity index (χ1n) is 2.58. The largest absolute Gasteiger partial charge is 0.689 e. The van der Waals surface area contributed by atoms with Crippen LogP contribution in [0.2, 0.25) is 0 Å². The molecule has 0 spiro atoms. The van der Waals surface area contributed by atoms with Crippen LogP contribution >= 0.6 is 0 Å². The highest BCUT2D eigenvalue weighted by Gasteiger charge is 1.96. The predicted octanol–water partition coefficient (Wildman–Crippen LogP) is -0.262. The van der Waals surface area contributed by atoms with Gasteiger partial charge in [-0.15, -0.1) is 0 Å². The van der Waals surface area contributed by atoms with E-state index in [9.17, 15) is 9.65 Å². The van der Waals surface area contributed by atoms with Gasteiger partial charge in [-0.2, -0.15) is 9.37 Å². The molecule has 0 N–H and O–H groups in total. The molecular weight excluding hydrogens is 157 g/mol.